The predicted molar refractivity (Wildman–Crippen MR) is 95.8 cm³/mol. The molecule has 0 spiro atoms. The molecule has 0 saturated heterocycles. The van der Waals surface area contributed by atoms with E-state index >= 15 is 0 Å². The summed E-state index contributed by atoms with van der Waals surface area (Å²) in [5.41, 5.74) is -0.0849. The largest absolute Gasteiger partial charge is 0.346 e. The molecule has 0 saturated carbocycles. The third-order valence-electron chi connectivity index (χ3n) is 3.48. The van der Waals surface area contributed by atoms with Crippen molar-refractivity contribution in [1.29, 1.82) is 0 Å². The summed E-state index contributed by atoms with van der Waals surface area (Å²) in [6.07, 6.45) is 0. The van der Waals surface area contributed by atoms with Crippen LogP contribution >= 0.6 is 22.7 Å². The highest BCUT2D eigenvalue weighted by Gasteiger charge is 2.28. The van der Waals surface area contributed by atoms with Crippen LogP contribution in [0.1, 0.15) is 31.7 Å². The molecule has 126 valence electrons. The van der Waals surface area contributed by atoms with Crippen LogP contribution in [0.5, 0.6) is 0 Å². The summed E-state index contributed by atoms with van der Waals surface area (Å²) in [5, 5.41) is 19.3. The second-order valence-corrected chi connectivity index (χ2v) is 8.43. The Morgan fingerprint density at radius 2 is 2.00 bits per heavy atom. The highest BCUT2D eigenvalue weighted by atomic mass is 32.1. The number of tetrazole rings is 1. The van der Waals surface area contributed by atoms with Crippen LogP contribution in [0.15, 0.2) is 35.0 Å². The zero-order valence-electron chi connectivity index (χ0n) is 13.8. The van der Waals surface area contributed by atoms with E-state index in [1.807, 2.05) is 35.0 Å². The van der Waals surface area contributed by atoms with E-state index in [2.05, 4.69) is 41.5 Å². The number of aromatic nitrogens is 4. The Kier molecular flexibility index (Phi) is 4.77. The van der Waals surface area contributed by atoms with E-state index in [1.54, 1.807) is 22.7 Å². The Morgan fingerprint density at radius 1 is 1.25 bits per heavy atom. The van der Waals surface area contributed by atoms with Crippen molar-refractivity contribution >= 4 is 28.6 Å². The molecule has 1 N–H and O–H groups in total. The molecule has 0 aliphatic rings. The number of hydrogen-bond donors (Lipinski definition) is 1. The normalized spacial score (nSPS) is 13.0. The van der Waals surface area contributed by atoms with Gasteiger partial charge in [-0.25, -0.2) is 0 Å². The highest BCUT2D eigenvalue weighted by molar-refractivity contribution is 7.13. The monoisotopic (exact) mass is 361 g/mol. The van der Waals surface area contributed by atoms with Crippen LogP contribution in [-0.2, 0) is 11.3 Å². The fourth-order valence-corrected chi connectivity index (χ4v) is 3.99. The van der Waals surface area contributed by atoms with Gasteiger partial charge in [0.2, 0.25) is 11.7 Å². The summed E-state index contributed by atoms with van der Waals surface area (Å²) in [5.74, 6) is 0.418. The number of nitrogens with zero attached hydrogens (tertiary/aromatic N) is 4. The molecular formula is C16H19N5OS2. The lowest BCUT2D eigenvalue weighted by Gasteiger charge is -2.30. The van der Waals surface area contributed by atoms with Crippen LogP contribution in [0.4, 0.5) is 0 Å². The van der Waals surface area contributed by atoms with Gasteiger partial charge in [-0.3, -0.25) is 4.79 Å². The molecule has 0 bridgehead atoms. The van der Waals surface area contributed by atoms with Crippen LogP contribution in [0.3, 0.4) is 0 Å². The summed E-state index contributed by atoms with van der Waals surface area (Å²) in [6, 6.07) is 7.85. The van der Waals surface area contributed by atoms with Gasteiger partial charge >= 0.3 is 0 Å². The number of carbonyl (C=O) groups is 1. The van der Waals surface area contributed by atoms with E-state index in [0.717, 1.165) is 9.75 Å². The molecule has 6 nitrogen and oxygen atoms in total. The average Bonchev–Trinajstić information content (AvgIpc) is 3.24. The maximum Gasteiger partial charge on any atom is 0.244 e. The smallest absolute Gasteiger partial charge is 0.244 e. The topological polar surface area (TPSA) is 72.7 Å². The summed E-state index contributed by atoms with van der Waals surface area (Å²) in [6.45, 7) is 6.39. The van der Waals surface area contributed by atoms with Gasteiger partial charge in [0.1, 0.15) is 6.54 Å². The third kappa shape index (κ3) is 3.88. The van der Waals surface area contributed by atoms with Gasteiger partial charge in [-0.15, -0.1) is 32.9 Å². The maximum absolute atomic E-state index is 12.4. The first-order chi connectivity index (χ1) is 11.4. The second kappa shape index (κ2) is 6.82. The van der Waals surface area contributed by atoms with Crippen LogP contribution < -0.4 is 5.32 Å². The van der Waals surface area contributed by atoms with Crippen LogP contribution in [0, 0.1) is 5.41 Å². The van der Waals surface area contributed by atoms with Gasteiger partial charge in [-0.05, 0) is 33.5 Å². The van der Waals surface area contributed by atoms with Crippen molar-refractivity contribution in [1.82, 2.24) is 25.5 Å². The van der Waals surface area contributed by atoms with Crippen LogP contribution in [-0.4, -0.2) is 26.1 Å². The number of carbonyl (C=O) groups excluding carboxylic acids is 1. The summed E-state index contributed by atoms with van der Waals surface area (Å²) in [4.78, 5) is 15.8. The average molecular weight is 361 g/mol. The van der Waals surface area contributed by atoms with Gasteiger partial charge < -0.3 is 5.32 Å². The SMILES string of the molecule is CC(C)(C)C(NC(=O)Cn1nnc(-c2cccs2)n1)c1cccs1. The first-order valence-corrected chi connectivity index (χ1v) is 9.34. The number of nitrogens with one attached hydrogen (secondary N) is 1. The molecule has 1 unspecified atom stereocenters. The Bertz CT molecular complexity index is 787. The number of thiophene rings is 2. The molecule has 1 atom stereocenters. The highest BCUT2D eigenvalue weighted by Crippen LogP contribution is 2.35. The number of amides is 1. The van der Waals surface area contributed by atoms with Gasteiger partial charge in [0.25, 0.3) is 0 Å². The number of rotatable bonds is 5. The lowest BCUT2D eigenvalue weighted by molar-refractivity contribution is -0.123. The predicted octanol–water partition coefficient (Wildman–Crippen LogP) is 3.37. The molecule has 0 aromatic carbocycles. The van der Waals surface area contributed by atoms with Gasteiger partial charge in [0, 0.05) is 4.88 Å². The van der Waals surface area contributed by atoms with Crippen molar-refractivity contribution in [3.8, 4) is 10.7 Å². The van der Waals surface area contributed by atoms with Crippen molar-refractivity contribution < 1.29 is 4.79 Å². The van der Waals surface area contributed by atoms with E-state index in [9.17, 15) is 4.79 Å². The van der Waals surface area contributed by atoms with Crippen LogP contribution in [0.2, 0.25) is 0 Å². The van der Waals surface area contributed by atoms with Crippen molar-refractivity contribution in [2.24, 2.45) is 5.41 Å². The minimum absolute atomic E-state index is 0.0507. The Labute approximate surface area is 148 Å². The first kappa shape index (κ1) is 16.8. The van der Waals surface area contributed by atoms with Gasteiger partial charge in [-0.2, -0.15) is 4.80 Å². The Balaban J connectivity index is 1.68. The Morgan fingerprint density at radius 3 is 2.62 bits per heavy atom. The molecule has 0 radical (unpaired) electrons. The first-order valence-electron chi connectivity index (χ1n) is 7.58. The fraction of sp³-hybridized carbons (Fsp3) is 0.375. The van der Waals surface area contributed by atoms with Crippen molar-refractivity contribution in [2.45, 2.75) is 33.4 Å². The molecule has 24 heavy (non-hydrogen) atoms. The molecule has 8 heteroatoms. The molecule has 3 aromatic rings. The fourth-order valence-electron chi connectivity index (χ4n) is 2.32. The van der Waals surface area contributed by atoms with E-state index < -0.39 is 0 Å². The number of hydrogen-bond acceptors (Lipinski definition) is 6. The minimum atomic E-state index is -0.126. The molecule has 1 amide bonds. The van der Waals surface area contributed by atoms with E-state index in [4.69, 9.17) is 0 Å². The lowest BCUT2D eigenvalue weighted by Crippen LogP contribution is -2.38. The van der Waals surface area contributed by atoms with Crippen LogP contribution in [0.25, 0.3) is 10.7 Å². The second-order valence-electron chi connectivity index (χ2n) is 6.50. The van der Waals surface area contributed by atoms with Gasteiger partial charge in [0.05, 0.1) is 10.9 Å². The summed E-state index contributed by atoms with van der Waals surface area (Å²) < 4.78 is 0. The van der Waals surface area contributed by atoms with E-state index in [-0.39, 0.29) is 23.9 Å². The third-order valence-corrected chi connectivity index (χ3v) is 5.28. The molecule has 3 rings (SSSR count). The zero-order valence-corrected chi connectivity index (χ0v) is 15.4. The summed E-state index contributed by atoms with van der Waals surface area (Å²) >= 11 is 3.19. The van der Waals surface area contributed by atoms with Gasteiger partial charge in [-0.1, -0.05) is 32.9 Å². The molecular weight excluding hydrogens is 342 g/mol. The quantitative estimate of drug-likeness (QED) is 0.756. The van der Waals surface area contributed by atoms with Gasteiger partial charge in [0.15, 0.2) is 0 Å². The molecule has 0 aliphatic heterocycles. The zero-order chi connectivity index (χ0) is 17.2. The summed E-state index contributed by atoms with van der Waals surface area (Å²) in [7, 11) is 0. The van der Waals surface area contributed by atoms with Crippen molar-refractivity contribution in [3.63, 3.8) is 0 Å². The van der Waals surface area contributed by atoms with E-state index in [0.29, 0.717) is 5.82 Å². The molecule has 0 aliphatic carbocycles. The Hall–Kier alpha value is -2.06. The van der Waals surface area contributed by atoms with Crippen molar-refractivity contribution in [3.05, 3.63) is 39.9 Å². The van der Waals surface area contributed by atoms with E-state index in [1.165, 1.54) is 4.80 Å². The maximum atomic E-state index is 12.4. The lowest BCUT2D eigenvalue weighted by atomic mass is 9.86. The standard InChI is InChI=1S/C16H19N5OS2/c1-16(2,3)14(11-6-4-8-23-11)17-13(22)10-21-19-15(18-20-21)12-7-5-9-24-12/h4-9,14H,10H2,1-3H3,(H,17,22). The minimum Gasteiger partial charge on any atom is -0.346 e. The molecule has 0 fully saturated rings. The molecule has 3 heterocycles. The van der Waals surface area contributed by atoms with Crippen molar-refractivity contribution in [2.75, 3.05) is 0 Å². The molecule has 3 aromatic heterocycles.